The molecule has 0 radical (unpaired) electrons. The van der Waals surface area contributed by atoms with Crippen molar-refractivity contribution in [2.24, 2.45) is 0 Å². The van der Waals surface area contributed by atoms with Crippen molar-refractivity contribution in [1.29, 1.82) is 0 Å². The summed E-state index contributed by atoms with van der Waals surface area (Å²) in [6.07, 6.45) is 3.18. The highest BCUT2D eigenvalue weighted by Crippen LogP contribution is 2.23. The lowest BCUT2D eigenvalue weighted by Crippen LogP contribution is -2.43. The fraction of sp³-hybridized carbons (Fsp3) is 0.545. The monoisotopic (exact) mass is 210 g/mol. The van der Waals surface area contributed by atoms with Crippen LogP contribution in [0.1, 0.15) is 18.5 Å². The van der Waals surface area contributed by atoms with Crippen LogP contribution in [0, 0.1) is 5.82 Å². The van der Waals surface area contributed by atoms with Crippen molar-refractivity contribution in [3.63, 3.8) is 0 Å². The van der Waals surface area contributed by atoms with Gasteiger partial charge in [-0.25, -0.2) is 4.39 Å². The van der Waals surface area contributed by atoms with E-state index in [4.69, 9.17) is 0 Å². The van der Waals surface area contributed by atoms with Gasteiger partial charge in [-0.2, -0.15) is 0 Å². The molecular weight excluding hydrogens is 195 g/mol. The molecule has 2 rings (SSSR count). The third-order valence-electron chi connectivity index (χ3n) is 2.87. The summed E-state index contributed by atoms with van der Waals surface area (Å²) in [4.78, 5) is 3.96. The Morgan fingerprint density at radius 3 is 2.87 bits per heavy atom. The van der Waals surface area contributed by atoms with E-state index in [2.05, 4.69) is 10.3 Å². The first-order valence-electron chi connectivity index (χ1n) is 5.22. The Kier molecular flexibility index (Phi) is 2.98. The van der Waals surface area contributed by atoms with Crippen molar-refractivity contribution in [2.75, 3.05) is 13.1 Å². The molecule has 4 heteroatoms. The normalized spacial score (nSPS) is 20.1. The van der Waals surface area contributed by atoms with Crippen molar-refractivity contribution < 1.29 is 9.50 Å². The maximum atomic E-state index is 13.3. The molecule has 0 amide bonds. The van der Waals surface area contributed by atoms with Crippen LogP contribution in [0.2, 0.25) is 0 Å². The van der Waals surface area contributed by atoms with Crippen LogP contribution in [-0.4, -0.2) is 28.8 Å². The van der Waals surface area contributed by atoms with Gasteiger partial charge in [0.25, 0.3) is 0 Å². The third-order valence-corrected chi connectivity index (χ3v) is 2.87. The largest absolute Gasteiger partial charge is 0.389 e. The third kappa shape index (κ3) is 2.52. The van der Waals surface area contributed by atoms with Crippen LogP contribution < -0.4 is 5.32 Å². The lowest BCUT2D eigenvalue weighted by Gasteiger charge is -2.32. The number of aromatic nitrogens is 1. The van der Waals surface area contributed by atoms with Crippen LogP contribution in [0.15, 0.2) is 18.3 Å². The molecule has 0 unspecified atom stereocenters. The van der Waals surface area contributed by atoms with E-state index in [1.165, 1.54) is 6.07 Å². The van der Waals surface area contributed by atoms with Gasteiger partial charge >= 0.3 is 0 Å². The van der Waals surface area contributed by atoms with E-state index < -0.39 is 5.60 Å². The predicted molar refractivity (Wildman–Crippen MR) is 55.0 cm³/mol. The number of nitrogens with one attached hydrogen (secondary N) is 1. The zero-order valence-electron chi connectivity index (χ0n) is 8.54. The molecule has 0 atom stereocenters. The van der Waals surface area contributed by atoms with Crippen molar-refractivity contribution in [3.05, 3.63) is 29.8 Å². The van der Waals surface area contributed by atoms with E-state index in [0.717, 1.165) is 13.1 Å². The van der Waals surface area contributed by atoms with Gasteiger partial charge in [-0.3, -0.25) is 4.98 Å². The van der Waals surface area contributed by atoms with E-state index in [1.54, 1.807) is 12.3 Å². The number of halogens is 1. The Balaban J connectivity index is 2.10. The Hall–Kier alpha value is -1.00. The average molecular weight is 210 g/mol. The van der Waals surface area contributed by atoms with E-state index in [1.807, 2.05) is 0 Å². The summed E-state index contributed by atoms with van der Waals surface area (Å²) in [6.45, 7) is 1.57. The number of hydrogen-bond donors (Lipinski definition) is 2. The molecule has 0 spiro atoms. The molecule has 82 valence electrons. The lowest BCUT2D eigenvalue weighted by molar-refractivity contribution is 0.00924. The summed E-state index contributed by atoms with van der Waals surface area (Å²) in [7, 11) is 0. The standard InChI is InChI=1S/C11H15FN2O/c12-9-2-1-5-14-10(9)8-11(15)3-6-13-7-4-11/h1-2,5,13,15H,3-4,6-8H2. The van der Waals surface area contributed by atoms with Crippen LogP contribution in [0.5, 0.6) is 0 Å². The Morgan fingerprint density at radius 2 is 2.20 bits per heavy atom. The first-order chi connectivity index (χ1) is 7.20. The van der Waals surface area contributed by atoms with Gasteiger partial charge in [0.2, 0.25) is 0 Å². The highest BCUT2D eigenvalue weighted by Gasteiger charge is 2.30. The predicted octanol–water partition coefficient (Wildman–Crippen LogP) is 0.878. The summed E-state index contributed by atoms with van der Waals surface area (Å²) in [5, 5.41) is 13.4. The van der Waals surface area contributed by atoms with Gasteiger partial charge in [0.15, 0.2) is 0 Å². The zero-order chi connectivity index (χ0) is 10.7. The van der Waals surface area contributed by atoms with Gasteiger partial charge in [-0.1, -0.05) is 0 Å². The molecule has 1 fully saturated rings. The van der Waals surface area contributed by atoms with E-state index in [9.17, 15) is 9.50 Å². The zero-order valence-corrected chi connectivity index (χ0v) is 8.54. The molecular formula is C11H15FN2O. The van der Waals surface area contributed by atoms with E-state index in [-0.39, 0.29) is 5.82 Å². The van der Waals surface area contributed by atoms with Crippen LogP contribution in [0.25, 0.3) is 0 Å². The van der Waals surface area contributed by atoms with Gasteiger partial charge in [0.1, 0.15) is 5.82 Å². The number of pyridine rings is 1. The molecule has 0 aromatic carbocycles. The number of hydrogen-bond acceptors (Lipinski definition) is 3. The second kappa shape index (κ2) is 4.24. The van der Waals surface area contributed by atoms with Crippen LogP contribution in [0.4, 0.5) is 4.39 Å². The van der Waals surface area contributed by atoms with Crippen molar-refractivity contribution in [2.45, 2.75) is 24.9 Å². The second-order valence-corrected chi connectivity index (χ2v) is 4.08. The van der Waals surface area contributed by atoms with Gasteiger partial charge in [0, 0.05) is 12.6 Å². The average Bonchev–Trinajstić information content (AvgIpc) is 2.22. The minimum absolute atomic E-state index is 0.307. The summed E-state index contributed by atoms with van der Waals surface area (Å²) in [6, 6.07) is 2.94. The van der Waals surface area contributed by atoms with Crippen molar-refractivity contribution >= 4 is 0 Å². The molecule has 1 aliphatic rings. The molecule has 3 nitrogen and oxygen atoms in total. The smallest absolute Gasteiger partial charge is 0.144 e. The van der Waals surface area contributed by atoms with Crippen molar-refractivity contribution in [1.82, 2.24) is 10.3 Å². The highest BCUT2D eigenvalue weighted by atomic mass is 19.1. The van der Waals surface area contributed by atoms with Crippen LogP contribution >= 0.6 is 0 Å². The number of rotatable bonds is 2. The minimum atomic E-state index is -0.791. The molecule has 1 aliphatic heterocycles. The SMILES string of the molecule is OC1(Cc2ncccc2F)CCNCC1. The maximum Gasteiger partial charge on any atom is 0.144 e. The van der Waals surface area contributed by atoms with Gasteiger partial charge < -0.3 is 10.4 Å². The topological polar surface area (TPSA) is 45.2 Å². The summed E-state index contributed by atoms with van der Waals surface area (Å²) in [5.41, 5.74) is -0.428. The fourth-order valence-corrected chi connectivity index (χ4v) is 1.93. The summed E-state index contributed by atoms with van der Waals surface area (Å²) >= 11 is 0. The molecule has 2 N–H and O–H groups in total. The minimum Gasteiger partial charge on any atom is -0.389 e. The Bertz CT molecular complexity index is 337. The van der Waals surface area contributed by atoms with Gasteiger partial charge in [-0.05, 0) is 38.1 Å². The fourth-order valence-electron chi connectivity index (χ4n) is 1.93. The maximum absolute atomic E-state index is 13.3. The molecule has 0 aliphatic carbocycles. The first kappa shape index (κ1) is 10.5. The number of nitrogens with zero attached hydrogens (tertiary/aromatic N) is 1. The van der Waals surface area contributed by atoms with E-state index >= 15 is 0 Å². The highest BCUT2D eigenvalue weighted by molar-refractivity contribution is 5.10. The molecule has 0 bridgehead atoms. The lowest BCUT2D eigenvalue weighted by atomic mass is 9.87. The Morgan fingerprint density at radius 1 is 1.47 bits per heavy atom. The molecule has 1 aromatic heterocycles. The molecule has 1 saturated heterocycles. The quantitative estimate of drug-likeness (QED) is 0.761. The first-order valence-corrected chi connectivity index (χ1v) is 5.22. The molecule has 1 aromatic rings. The van der Waals surface area contributed by atoms with Gasteiger partial charge in [-0.15, -0.1) is 0 Å². The molecule has 0 saturated carbocycles. The van der Waals surface area contributed by atoms with Crippen molar-refractivity contribution in [3.8, 4) is 0 Å². The molecule has 15 heavy (non-hydrogen) atoms. The van der Waals surface area contributed by atoms with E-state index in [0.29, 0.717) is 25.0 Å². The van der Waals surface area contributed by atoms with Crippen LogP contribution in [-0.2, 0) is 6.42 Å². The van der Waals surface area contributed by atoms with Gasteiger partial charge in [0.05, 0.1) is 11.3 Å². The number of aliphatic hydroxyl groups is 1. The summed E-state index contributed by atoms with van der Waals surface area (Å²) in [5.74, 6) is -0.329. The second-order valence-electron chi connectivity index (χ2n) is 4.08. The summed E-state index contributed by atoms with van der Waals surface area (Å²) < 4.78 is 13.3. The molecule has 2 heterocycles. The Labute approximate surface area is 88.3 Å². The number of piperidine rings is 1. The van der Waals surface area contributed by atoms with Crippen LogP contribution in [0.3, 0.4) is 0 Å².